The number of carbonyl (C=O) groups is 3. The molecular formula is C21H23N5O8. The lowest BCUT2D eigenvalue weighted by atomic mass is 10.2. The Kier molecular flexibility index (Phi) is 8.88. The second-order valence-electron chi connectivity index (χ2n) is 6.67. The number of hydrogen-bond acceptors (Lipinski definition) is 9. The number of amides is 3. The van der Waals surface area contributed by atoms with E-state index < -0.39 is 22.6 Å². The highest BCUT2D eigenvalue weighted by Gasteiger charge is 2.19. The van der Waals surface area contributed by atoms with E-state index in [1.54, 1.807) is 12.1 Å². The van der Waals surface area contributed by atoms with Crippen LogP contribution in [-0.4, -0.2) is 49.7 Å². The van der Waals surface area contributed by atoms with Crippen molar-refractivity contribution in [2.24, 2.45) is 5.10 Å². The number of ether oxygens (including phenoxy) is 3. The van der Waals surface area contributed by atoms with Crippen LogP contribution in [0.4, 0.5) is 17.1 Å². The Hall–Kier alpha value is -4.68. The van der Waals surface area contributed by atoms with Gasteiger partial charge in [0.25, 0.3) is 5.69 Å². The van der Waals surface area contributed by atoms with Crippen molar-refractivity contribution in [1.29, 1.82) is 0 Å². The van der Waals surface area contributed by atoms with Crippen LogP contribution in [0.25, 0.3) is 0 Å². The van der Waals surface area contributed by atoms with Crippen molar-refractivity contribution in [3.05, 3.63) is 46.5 Å². The summed E-state index contributed by atoms with van der Waals surface area (Å²) in [6.07, 6.45) is -0.297. The molecule has 0 heterocycles. The molecule has 13 heteroatoms. The predicted octanol–water partition coefficient (Wildman–Crippen LogP) is 2.08. The van der Waals surface area contributed by atoms with Gasteiger partial charge < -0.3 is 24.8 Å². The molecule has 0 fully saturated rings. The van der Waals surface area contributed by atoms with Crippen molar-refractivity contribution in [2.75, 3.05) is 32.0 Å². The van der Waals surface area contributed by atoms with Gasteiger partial charge in [-0.1, -0.05) is 0 Å². The highest BCUT2D eigenvalue weighted by atomic mass is 16.6. The van der Waals surface area contributed by atoms with Crippen molar-refractivity contribution in [3.8, 4) is 17.2 Å². The molecule has 3 amide bonds. The summed E-state index contributed by atoms with van der Waals surface area (Å²) in [4.78, 5) is 47.0. The van der Waals surface area contributed by atoms with E-state index in [-0.39, 0.29) is 34.9 Å². The first-order chi connectivity index (χ1) is 16.2. The Morgan fingerprint density at radius 2 is 1.56 bits per heavy atom. The number of hydrazone groups is 1. The molecule has 0 saturated heterocycles. The van der Waals surface area contributed by atoms with Crippen molar-refractivity contribution in [2.45, 2.75) is 13.3 Å². The fourth-order valence-corrected chi connectivity index (χ4v) is 2.65. The summed E-state index contributed by atoms with van der Waals surface area (Å²) in [6, 6.07) is 8.61. The minimum atomic E-state index is -1.09. The maximum Gasteiger partial charge on any atom is 0.329 e. The fraction of sp³-hybridized carbons (Fsp3) is 0.238. The third-order valence-electron chi connectivity index (χ3n) is 4.30. The van der Waals surface area contributed by atoms with Gasteiger partial charge in [-0.3, -0.25) is 24.5 Å². The van der Waals surface area contributed by atoms with Gasteiger partial charge in [0.15, 0.2) is 0 Å². The second kappa shape index (κ2) is 11.8. The van der Waals surface area contributed by atoms with Crippen LogP contribution in [0.5, 0.6) is 17.2 Å². The van der Waals surface area contributed by atoms with E-state index in [1.165, 1.54) is 52.5 Å². The first-order valence-corrected chi connectivity index (χ1v) is 9.67. The maximum atomic E-state index is 12.2. The number of nitro groups is 1. The average Bonchev–Trinajstić information content (AvgIpc) is 2.82. The highest BCUT2D eigenvalue weighted by molar-refractivity contribution is 6.39. The van der Waals surface area contributed by atoms with Crippen LogP contribution in [0.3, 0.4) is 0 Å². The van der Waals surface area contributed by atoms with E-state index in [1.807, 2.05) is 5.43 Å². The van der Waals surface area contributed by atoms with Crippen LogP contribution in [0, 0.1) is 10.1 Å². The van der Waals surface area contributed by atoms with Crippen LogP contribution in [0.2, 0.25) is 0 Å². The zero-order chi connectivity index (χ0) is 25.3. The third-order valence-corrected chi connectivity index (χ3v) is 4.30. The zero-order valence-corrected chi connectivity index (χ0v) is 18.8. The molecule has 0 aliphatic carbocycles. The Labute approximate surface area is 194 Å². The highest BCUT2D eigenvalue weighted by Crippen LogP contribution is 2.29. The summed E-state index contributed by atoms with van der Waals surface area (Å²) < 4.78 is 15.1. The van der Waals surface area contributed by atoms with Gasteiger partial charge >= 0.3 is 11.8 Å². The molecule has 3 N–H and O–H groups in total. The third kappa shape index (κ3) is 6.91. The molecule has 0 atom stereocenters. The van der Waals surface area contributed by atoms with Crippen molar-refractivity contribution in [3.63, 3.8) is 0 Å². The van der Waals surface area contributed by atoms with Gasteiger partial charge in [-0.05, 0) is 31.2 Å². The molecule has 34 heavy (non-hydrogen) atoms. The molecule has 180 valence electrons. The molecule has 2 aromatic rings. The van der Waals surface area contributed by atoms with Gasteiger partial charge in [-0.25, -0.2) is 5.43 Å². The fourth-order valence-electron chi connectivity index (χ4n) is 2.65. The van der Waals surface area contributed by atoms with Gasteiger partial charge in [0.2, 0.25) is 5.91 Å². The molecule has 0 aromatic heterocycles. The van der Waals surface area contributed by atoms with Crippen molar-refractivity contribution in [1.82, 2.24) is 5.43 Å². The minimum Gasteiger partial charge on any atom is -0.497 e. The molecule has 0 spiro atoms. The number of nitrogens with one attached hydrogen (secondary N) is 3. The summed E-state index contributed by atoms with van der Waals surface area (Å²) in [5.41, 5.74) is 2.03. The summed E-state index contributed by atoms with van der Waals surface area (Å²) in [7, 11) is 4.20. The number of nitrogens with zero attached hydrogens (tertiary/aromatic N) is 2. The Morgan fingerprint density at radius 1 is 0.912 bits per heavy atom. The molecule has 0 aliphatic heterocycles. The molecule has 0 unspecified atom stereocenters. The van der Waals surface area contributed by atoms with Crippen molar-refractivity contribution >= 4 is 40.5 Å². The number of methoxy groups -OCH3 is 3. The lowest BCUT2D eigenvalue weighted by molar-refractivity contribution is -0.384. The van der Waals surface area contributed by atoms with E-state index in [9.17, 15) is 24.5 Å². The molecule has 2 aromatic carbocycles. The lowest BCUT2D eigenvalue weighted by Crippen LogP contribution is -2.33. The van der Waals surface area contributed by atoms with E-state index in [4.69, 9.17) is 14.2 Å². The summed E-state index contributed by atoms with van der Waals surface area (Å²) in [5, 5.41) is 19.7. The average molecular weight is 473 g/mol. The molecular weight excluding hydrogens is 450 g/mol. The van der Waals surface area contributed by atoms with Gasteiger partial charge in [0.05, 0.1) is 44.4 Å². The second-order valence-corrected chi connectivity index (χ2v) is 6.67. The number of rotatable bonds is 9. The number of benzene rings is 2. The van der Waals surface area contributed by atoms with Crippen LogP contribution in [0.15, 0.2) is 41.5 Å². The molecule has 0 bridgehead atoms. The van der Waals surface area contributed by atoms with Crippen LogP contribution in [-0.2, 0) is 14.4 Å². The van der Waals surface area contributed by atoms with Crippen molar-refractivity contribution < 1.29 is 33.5 Å². The van der Waals surface area contributed by atoms with Crippen LogP contribution >= 0.6 is 0 Å². The Balaban J connectivity index is 1.97. The van der Waals surface area contributed by atoms with Gasteiger partial charge in [0.1, 0.15) is 22.9 Å². The van der Waals surface area contributed by atoms with Crippen LogP contribution < -0.4 is 30.3 Å². The minimum absolute atomic E-state index is 0.0285. The van der Waals surface area contributed by atoms with Crippen LogP contribution in [0.1, 0.15) is 13.3 Å². The molecule has 0 radical (unpaired) electrons. The largest absolute Gasteiger partial charge is 0.497 e. The summed E-state index contributed by atoms with van der Waals surface area (Å²) >= 11 is 0. The number of nitro benzene ring substituents is 1. The Bertz CT molecular complexity index is 1130. The van der Waals surface area contributed by atoms with E-state index in [0.717, 1.165) is 0 Å². The van der Waals surface area contributed by atoms with Gasteiger partial charge in [-0.2, -0.15) is 5.10 Å². The number of carbonyl (C=O) groups excluding carboxylic acids is 3. The van der Waals surface area contributed by atoms with E-state index in [2.05, 4.69) is 15.7 Å². The molecule has 0 aliphatic rings. The summed E-state index contributed by atoms with van der Waals surface area (Å²) in [6.45, 7) is 1.44. The van der Waals surface area contributed by atoms with E-state index >= 15 is 0 Å². The first kappa shape index (κ1) is 25.6. The smallest absolute Gasteiger partial charge is 0.329 e. The molecule has 2 rings (SSSR count). The number of anilines is 2. The number of hydrogen-bond donors (Lipinski definition) is 3. The standard InChI is InChI=1S/C21H23N5O8/c1-12(9-19(27)22-15-7-5-14(33-3)11-17(15)26(30)31)24-25-21(29)20(28)23-16-10-13(32-2)6-8-18(16)34-4/h5-8,10-11H,9H2,1-4H3,(H,22,27)(H,23,28)(H,25,29)/b24-12-. The topological polar surface area (TPSA) is 170 Å². The normalized spacial score (nSPS) is 10.6. The predicted molar refractivity (Wildman–Crippen MR) is 122 cm³/mol. The maximum absolute atomic E-state index is 12.2. The quantitative estimate of drug-likeness (QED) is 0.215. The first-order valence-electron chi connectivity index (χ1n) is 9.67. The SMILES string of the molecule is COc1ccc(OC)c(NC(=O)C(=O)N/N=C(/C)CC(=O)Nc2ccc(OC)cc2[N+](=O)[O-])c1. The van der Waals surface area contributed by atoms with E-state index in [0.29, 0.717) is 11.5 Å². The molecule has 0 saturated carbocycles. The van der Waals surface area contributed by atoms with Gasteiger partial charge in [0, 0.05) is 11.8 Å². The monoisotopic (exact) mass is 473 g/mol. The van der Waals surface area contributed by atoms with Gasteiger partial charge in [-0.15, -0.1) is 0 Å². The Morgan fingerprint density at radius 3 is 2.18 bits per heavy atom. The molecule has 13 nitrogen and oxygen atoms in total. The summed E-state index contributed by atoms with van der Waals surface area (Å²) in [5.74, 6) is -1.72. The zero-order valence-electron chi connectivity index (χ0n) is 18.8. The lowest BCUT2D eigenvalue weighted by Gasteiger charge is -2.11.